The number of halogens is 3. The molecule has 1 amide bonds. The fraction of sp³-hybridized carbons (Fsp3) is 0.105. The molecule has 0 atom stereocenters. The number of anilines is 2. The molecule has 1 N–H and O–H groups in total. The molecule has 5 nitrogen and oxygen atoms in total. The number of aromatic nitrogens is 2. The highest BCUT2D eigenvalue weighted by molar-refractivity contribution is 6.31. The van der Waals surface area contributed by atoms with Crippen molar-refractivity contribution in [3.05, 3.63) is 71.1 Å². The first-order valence-electron chi connectivity index (χ1n) is 8.10. The standard InChI is InChI=1S/C19H13ClF2N4O/c20-18-13(14(21)3-4-15(18)22)9-26-10-17(27)25-16-6-12(8-24-19(16)26)11-2-1-5-23-7-11/h1-8H,9-10H2,(H,25,27). The van der Waals surface area contributed by atoms with Gasteiger partial charge < -0.3 is 10.2 Å². The van der Waals surface area contributed by atoms with Crippen molar-refractivity contribution in [2.24, 2.45) is 0 Å². The van der Waals surface area contributed by atoms with Crippen LogP contribution in [0.15, 0.2) is 48.9 Å². The van der Waals surface area contributed by atoms with Gasteiger partial charge >= 0.3 is 0 Å². The summed E-state index contributed by atoms with van der Waals surface area (Å²) in [5, 5.41) is 2.47. The number of hydrogen-bond acceptors (Lipinski definition) is 4. The van der Waals surface area contributed by atoms with Crippen molar-refractivity contribution in [3.63, 3.8) is 0 Å². The summed E-state index contributed by atoms with van der Waals surface area (Å²) >= 11 is 5.92. The number of carbonyl (C=O) groups is 1. The van der Waals surface area contributed by atoms with Crippen LogP contribution in [0, 0.1) is 11.6 Å². The SMILES string of the molecule is O=C1CN(Cc2c(F)ccc(F)c2Cl)c2ncc(-c3cccnc3)cc2N1. The third kappa shape index (κ3) is 3.33. The van der Waals surface area contributed by atoms with Gasteiger partial charge in [-0.15, -0.1) is 0 Å². The number of nitrogens with zero attached hydrogens (tertiary/aromatic N) is 3. The normalized spacial score (nSPS) is 13.3. The molecular formula is C19H13ClF2N4O. The van der Waals surface area contributed by atoms with Crippen LogP contribution in [0.3, 0.4) is 0 Å². The lowest BCUT2D eigenvalue weighted by Crippen LogP contribution is -2.38. The number of benzene rings is 1. The van der Waals surface area contributed by atoms with E-state index in [2.05, 4.69) is 15.3 Å². The molecule has 0 fully saturated rings. The second-order valence-electron chi connectivity index (χ2n) is 6.06. The minimum atomic E-state index is -0.713. The molecule has 0 unspecified atom stereocenters. The van der Waals surface area contributed by atoms with Crippen LogP contribution in [-0.2, 0) is 11.3 Å². The second-order valence-corrected chi connectivity index (χ2v) is 6.44. The number of carbonyl (C=O) groups excluding carboxylic acids is 1. The molecule has 0 saturated carbocycles. The second kappa shape index (κ2) is 6.92. The van der Waals surface area contributed by atoms with Gasteiger partial charge in [-0.25, -0.2) is 13.8 Å². The van der Waals surface area contributed by atoms with Crippen molar-refractivity contribution in [1.29, 1.82) is 0 Å². The highest BCUT2D eigenvalue weighted by Gasteiger charge is 2.26. The van der Waals surface area contributed by atoms with E-state index in [-0.39, 0.29) is 29.6 Å². The third-order valence-electron chi connectivity index (χ3n) is 4.26. The van der Waals surface area contributed by atoms with Crippen molar-refractivity contribution in [2.75, 3.05) is 16.8 Å². The summed E-state index contributed by atoms with van der Waals surface area (Å²) in [6.45, 7) is -0.124. The van der Waals surface area contributed by atoms with Crippen LogP contribution in [0.4, 0.5) is 20.3 Å². The Morgan fingerprint density at radius 3 is 2.74 bits per heavy atom. The summed E-state index contributed by atoms with van der Waals surface area (Å²) in [4.78, 5) is 22.2. The number of amides is 1. The molecule has 8 heteroatoms. The van der Waals surface area contributed by atoms with Gasteiger partial charge in [0.15, 0.2) is 5.82 Å². The number of rotatable bonds is 3. The maximum absolute atomic E-state index is 14.1. The Labute approximate surface area is 158 Å². The molecule has 1 aliphatic heterocycles. The molecule has 0 saturated heterocycles. The molecular weight excluding hydrogens is 374 g/mol. The van der Waals surface area contributed by atoms with E-state index in [0.29, 0.717) is 11.5 Å². The van der Waals surface area contributed by atoms with E-state index >= 15 is 0 Å². The zero-order valence-electron chi connectivity index (χ0n) is 13.9. The Morgan fingerprint density at radius 1 is 1.15 bits per heavy atom. The molecule has 136 valence electrons. The van der Waals surface area contributed by atoms with Gasteiger partial charge in [0.05, 0.1) is 17.3 Å². The van der Waals surface area contributed by atoms with Crippen molar-refractivity contribution >= 4 is 29.0 Å². The molecule has 3 heterocycles. The van der Waals surface area contributed by atoms with Crippen LogP contribution < -0.4 is 10.2 Å². The molecule has 2 aromatic heterocycles. The Bertz CT molecular complexity index is 1030. The Morgan fingerprint density at radius 2 is 1.96 bits per heavy atom. The predicted octanol–water partition coefficient (Wildman–Crippen LogP) is 4.03. The molecule has 0 aliphatic carbocycles. The zero-order chi connectivity index (χ0) is 19.0. The Hall–Kier alpha value is -3.06. The minimum absolute atomic E-state index is 0.0181. The molecule has 4 rings (SSSR count). The van der Waals surface area contributed by atoms with Crippen molar-refractivity contribution in [1.82, 2.24) is 9.97 Å². The molecule has 27 heavy (non-hydrogen) atoms. The molecule has 1 aromatic carbocycles. The number of nitrogens with one attached hydrogen (secondary N) is 1. The zero-order valence-corrected chi connectivity index (χ0v) is 14.7. The average molecular weight is 387 g/mol. The van der Waals surface area contributed by atoms with E-state index in [1.54, 1.807) is 35.6 Å². The maximum atomic E-state index is 14.1. The molecule has 3 aromatic rings. The molecule has 0 spiro atoms. The van der Waals surface area contributed by atoms with Gasteiger partial charge in [0.2, 0.25) is 5.91 Å². The van der Waals surface area contributed by atoms with Crippen LogP contribution in [0.1, 0.15) is 5.56 Å². The van der Waals surface area contributed by atoms with Gasteiger partial charge in [0.1, 0.15) is 11.6 Å². The van der Waals surface area contributed by atoms with Gasteiger partial charge in [0, 0.05) is 41.8 Å². The van der Waals surface area contributed by atoms with E-state index in [9.17, 15) is 13.6 Å². The highest BCUT2D eigenvalue weighted by Crippen LogP contribution is 2.33. The monoisotopic (exact) mass is 386 g/mol. The largest absolute Gasteiger partial charge is 0.341 e. The van der Waals surface area contributed by atoms with Crippen LogP contribution in [0.5, 0.6) is 0 Å². The summed E-state index contributed by atoms with van der Waals surface area (Å²) < 4.78 is 27.8. The topological polar surface area (TPSA) is 58.1 Å². The molecule has 0 radical (unpaired) electrons. The number of pyridine rings is 2. The molecule has 1 aliphatic rings. The Balaban J connectivity index is 1.72. The van der Waals surface area contributed by atoms with E-state index < -0.39 is 11.6 Å². The van der Waals surface area contributed by atoms with Crippen molar-refractivity contribution in [3.8, 4) is 11.1 Å². The molecule has 0 bridgehead atoms. The van der Waals surface area contributed by atoms with Gasteiger partial charge in [-0.3, -0.25) is 9.78 Å². The lowest BCUT2D eigenvalue weighted by atomic mass is 10.1. The first kappa shape index (κ1) is 17.4. The smallest absolute Gasteiger partial charge is 0.244 e. The summed E-state index contributed by atoms with van der Waals surface area (Å²) in [6, 6.07) is 7.43. The highest BCUT2D eigenvalue weighted by atomic mass is 35.5. The van der Waals surface area contributed by atoms with Gasteiger partial charge in [-0.1, -0.05) is 17.7 Å². The van der Waals surface area contributed by atoms with Gasteiger partial charge in [0.25, 0.3) is 0 Å². The van der Waals surface area contributed by atoms with Crippen molar-refractivity contribution < 1.29 is 13.6 Å². The summed E-state index contributed by atoms with van der Waals surface area (Å²) in [5.74, 6) is -1.17. The summed E-state index contributed by atoms with van der Waals surface area (Å²) in [7, 11) is 0. The van der Waals surface area contributed by atoms with E-state index in [4.69, 9.17) is 11.6 Å². The predicted molar refractivity (Wildman–Crippen MR) is 98.5 cm³/mol. The average Bonchev–Trinajstić information content (AvgIpc) is 2.68. The van der Waals surface area contributed by atoms with E-state index in [1.165, 1.54) is 0 Å². The van der Waals surface area contributed by atoms with E-state index in [0.717, 1.165) is 23.3 Å². The summed E-state index contributed by atoms with van der Waals surface area (Å²) in [5.41, 5.74) is 2.09. The minimum Gasteiger partial charge on any atom is -0.341 e. The number of hydrogen-bond donors (Lipinski definition) is 1. The fourth-order valence-corrected chi connectivity index (χ4v) is 3.18. The first-order chi connectivity index (χ1) is 13.0. The lowest BCUT2D eigenvalue weighted by molar-refractivity contribution is -0.115. The van der Waals surface area contributed by atoms with E-state index in [1.807, 2.05) is 6.07 Å². The van der Waals surface area contributed by atoms with Gasteiger partial charge in [-0.2, -0.15) is 0 Å². The first-order valence-corrected chi connectivity index (χ1v) is 8.48. The number of fused-ring (bicyclic) bond motifs is 1. The lowest BCUT2D eigenvalue weighted by Gasteiger charge is -2.30. The third-order valence-corrected chi connectivity index (χ3v) is 4.67. The summed E-state index contributed by atoms with van der Waals surface area (Å²) in [6.07, 6.45) is 4.99. The van der Waals surface area contributed by atoms with Crippen LogP contribution in [-0.4, -0.2) is 22.4 Å². The van der Waals surface area contributed by atoms with Crippen LogP contribution in [0.2, 0.25) is 5.02 Å². The van der Waals surface area contributed by atoms with Gasteiger partial charge in [-0.05, 0) is 24.3 Å². The Kier molecular flexibility index (Phi) is 4.45. The van der Waals surface area contributed by atoms with Crippen LogP contribution in [0.25, 0.3) is 11.1 Å². The quantitative estimate of drug-likeness (QED) is 0.690. The van der Waals surface area contributed by atoms with Crippen LogP contribution >= 0.6 is 11.6 Å². The fourth-order valence-electron chi connectivity index (χ4n) is 2.97. The maximum Gasteiger partial charge on any atom is 0.244 e. The van der Waals surface area contributed by atoms with Crippen molar-refractivity contribution in [2.45, 2.75) is 6.54 Å².